The first-order valence-electron chi connectivity index (χ1n) is 6.63. The van der Waals surface area contributed by atoms with Gasteiger partial charge in [0.05, 0.1) is 18.4 Å². The highest BCUT2D eigenvalue weighted by Gasteiger charge is 2.20. The Kier molecular flexibility index (Phi) is 4.03. The molecule has 3 rings (SSSR count). The van der Waals surface area contributed by atoms with E-state index in [2.05, 4.69) is 33.4 Å². The second-order valence-electron chi connectivity index (χ2n) is 4.79. The summed E-state index contributed by atoms with van der Waals surface area (Å²) in [5.74, 6) is -0.261. The topological polar surface area (TPSA) is 21.3 Å². The number of rotatable bonds is 3. The summed E-state index contributed by atoms with van der Waals surface area (Å²) in [5, 5.41) is 3.14. The Bertz CT molecular complexity index is 597. The van der Waals surface area contributed by atoms with Gasteiger partial charge in [-0.2, -0.15) is 0 Å². The molecule has 2 aromatic rings. The SMILES string of the molecule is Fc1cccc(Br)c1NCC1OCCc2ccccc21. The van der Waals surface area contributed by atoms with Gasteiger partial charge in [-0.25, -0.2) is 4.39 Å². The van der Waals surface area contributed by atoms with Crippen LogP contribution in [0.1, 0.15) is 17.2 Å². The van der Waals surface area contributed by atoms with Gasteiger partial charge in [0.15, 0.2) is 0 Å². The normalized spacial score (nSPS) is 17.6. The summed E-state index contributed by atoms with van der Waals surface area (Å²) >= 11 is 3.36. The zero-order valence-electron chi connectivity index (χ0n) is 10.9. The molecule has 20 heavy (non-hydrogen) atoms. The molecule has 0 saturated carbocycles. The molecule has 1 heterocycles. The van der Waals surface area contributed by atoms with Gasteiger partial charge in [0.25, 0.3) is 0 Å². The molecule has 0 bridgehead atoms. The Morgan fingerprint density at radius 3 is 2.90 bits per heavy atom. The van der Waals surface area contributed by atoms with Crippen LogP contribution in [0, 0.1) is 5.82 Å². The van der Waals surface area contributed by atoms with Crippen molar-refractivity contribution in [2.75, 3.05) is 18.5 Å². The molecule has 1 aliphatic rings. The molecule has 0 saturated heterocycles. The van der Waals surface area contributed by atoms with Crippen LogP contribution in [-0.2, 0) is 11.2 Å². The number of para-hydroxylation sites is 1. The number of ether oxygens (including phenoxy) is 1. The van der Waals surface area contributed by atoms with Gasteiger partial charge < -0.3 is 10.1 Å². The number of hydrogen-bond donors (Lipinski definition) is 1. The van der Waals surface area contributed by atoms with Gasteiger partial charge in [-0.3, -0.25) is 0 Å². The fraction of sp³-hybridized carbons (Fsp3) is 0.250. The van der Waals surface area contributed by atoms with Crippen LogP contribution in [0.15, 0.2) is 46.9 Å². The Balaban J connectivity index is 1.77. The van der Waals surface area contributed by atoms with Gasteiger partial charge in [-0.15, -0.1) is 0 Å². The van der Waals surface area contributed by atoms with Crippen LogP contribution in [0.2, 0.25) is 0 Å². The fourth-order valence-electron chi connectivity index (χ4n) is 2.51. The second-order valence-corrected chi connectivity index (χ2v) is 5.64. The Hall–Kier alpha value is -1.39. The smallest absolute Gasteiger partial charge is 0.147 e. The third-order valence-electron chi connectivity index (χ3n) is 3.52. The number of benzene rings is 2. The van der Waals surface area contributed by atoms with E-state index in [1.807, 2.05) is 18.2 Å². The van der Waals surface area contributed by atoms with Crippen molar-refractivity contribution in [3.05, 3.63) is 63.9 Å². The molecule has 4 heteroatoms. The molecule has 0 spiro atoms. The highest BCUT2D eigenvalue weighted by Crippen LogP contribution is 2.29. The molecule has 2 nitrogen and oxygen atoms in total. The van der Waals surface area contributed by atoms with Crippen molar-refractivity contribution in [1.82, 2.24) is 0 Å². The number of halogens is 2. The summed E-state index contributed by atoms with van der Waals surface area (Å²) < 4.78 is 20.3. The minimum Gasteiger partial charge on any atom is -0.379 e. The maximum absolute atomic E-state index is 13.8. The molecule has 1 unspecified atom stereocenters. The van der Waals surface area contributed by atoms with E-state index >= 15 is 0 Å². The van der Waals surface area contributed by atoms with Crippen LogP contribution >= 0.6 is 15.9 Å². The predicted molar refractivity (Wildman–Crippen MR) is 81.4 cm³/mol. The molecule has 1 N–H and O–H groups in total. The van der Waals surface area contributed by atoms with Crippen molar-refractivity contribution in [3.63, 3.8) is 0 Å². The predicted octanol–water partition coefficient (Wildman–Crippen LogP) is 4.31. The van der Waals surface area contributed by atoms with Crippen LogP contribution in [0.25, 0.3) is 0 Å². The van der Waals surface area contributed by atoms with E-state index in [-0.39, 0.29) is 11.9 Å². The maximum Gasteiger partial charge on any atom is 0.147 e. The first-order valence-corrected chi connectivity index (χ1v) is 7.42. The molecule has 0 fully saturated rings. The van der Waals surface area contributed by atoms with Crippen LogP contribution in [0.3, 0.4) is 0 Å². The quantitative estimate of drug-likeness (QED) is 0.902. The first-order chi connectivity index (χ1) is 9.75. The van der Waals surface area contributed by atoms with Crippen molar-refractivity contribution in [2.24, 2.45) is 0 Å². The molecule has 0 aliphatic carbocycles. The highest BCUT2D eigenvalue weighted by molar-refractivity contribution is 9.10. The van der Waals surface area contributed by atoms with E-state index in [9.17, 15) is 4.39 Å². The second kappa shape index (κ2) is 5.94. The van der Waals surface area contributed by atoms with Gasteiger partial charge in [-0.1, -0.05) is 30.3 Å². The van der Waals surface area contributed by atoms with Gasteiger partial charge in [0.2, 0.25) is 0 Å². The maximum atomic E-state index is 13.8. The van der Waals surface area contributed by atoms with Gasteiger partial charge in [0, 0.05) is 11.0 Å². The van der Waals surface area contributed by atoms with E-state index in [1.165, 1.54) is 17.2 Å². The highest BCUT2D eigenvalue weighted by atomic mass is 79.9. The molecule has 0 radical (unpaired) electrons. The third kappa shape index (κ3) is 2.72. The zero-order chi connectivity index (χ0) is 13.9. The number of nitrogens with one attached hydrogen (secondary N) is 1. The number of anilines is 1. The average molecular weight is 336 g/mol. The zero-order valence-corrected chi connectivity index (χ0v) is 12.5. The van der Waals surface area contributed by atoms with E-state index in [1.54, 1.807) is 6.07 Å². The van der Waals surface area contributed by atoms with E-state index < -0.39 is 0 Å². The standard InChI is InChI=1S/C16H15BrFNO/c17-13-6-3-7-14(18)16(13)19-10-15-12-5-2-1-4-11(12)8-9-20-15/h1-7,15,19H,8-10H2. The lowest BCUT2D eigenvalue weighted by Gasteiger charge is -2.26. The lowest BCUT2D eigenvalue weighted by molar-refractivity contribution is 0.0513. The summed E-state index contributed by atoms with van der Waals surface area (Å²) in [5.41, 5.74) is 3.00. The molecule has 1 aliphatic heterocycles. The van der Waals surface area contributed by atoms with Gasteiger partial charge in [-0.05, 0) is 45.6 Å². The van der Waals surface area contributed by atoms with Crippen molar-refractivity contribution in [3.8, 4) is 0 Å². The molecule has 0 amide bonds. The lowest BCUT2D eigenvalue weighted by atomic mass is 9.97. The Labute approximate surface area is 126 Å². The minimum atomic E-state index is -0.261. The van der Waals surface area contributed by atoms with Crippen LogP contribution in [-0.4, -0.2) is 13.2 Å². The molecule has 104 valence electrons. The molecule has 2 aromatic carbocycles. The molecular formula is C16H15BrFNO. The summed E-state index contributed by atoms with van der Waals surface area (Å²) in [6.07, 6.45) is 0.905. The van der Waals surface area contributed by atoms with Crippen molar-refractivity contribution in [2.45, 2.75) is 12.5 Å². The van der Waals surface area contributed by atoms with Crippen molar-refractivity contribution >= 4 is 21.6 Å². The summed E-state index contributed by atoms with van der Waals surface area (Å²) in [4.78, 5) is 0. The third-order valence-corrected chi connectivity index (χ3v) is 4.18. The number of fused-ring (bicyclic) bond motifs is 1. The molecule has 0 aromatic heterocycles. The lowest BCUT2D eigenvalue weighted by Crippen LogP contribution is -2.23. The van der Waals surface area contributed by atoms with Crippen LogP contribution in [0.4, 0.5) is 10.1 Å². The fourth-order valence-corrected chi connectivity index (χ4v) is 2.99. The van der Waals surface area contributed by atoms with Crippen molar-refractivity contribution in [1.29, 1.82) is 0 Å². The molecule has 1 atom stereocenters. The summed E-state index contributed by atoms with van der Waals surface area (Å²) in [7, 11) is 0. The van der Waals surface area contributed by atoms with E-state index in [4.69, 9.17) is 4.74 Å². The Morgan fingerprint density at radius 1 is 1.20 bits per heavy atom. The van der Waals surface area contributed by atoms with Gasteiger partial charge in [0.1, 0.15) is 5.82 Å². The number of hydrogen-bond acceptors (Lipinski definition) is 2. The Morgan fingerprint density at radius 2 is 2.05 bits per heavy atom. The molecular weight excluding hydrogens is 321 g/mol. The van der Waals surface area contributed by atoms with Crippen molar-refractivity contribution < 1.29 is 9.13 Å². The average Bonchev–Trinajstić information content (AvgIpc) is 2.47. The monoisotopic (exact) mass is 335 g/mol. The van der Waals surface area contributed by atoms with Crippen LogP contribution < -0.4 is 5.32 Å². The summed E-state index contributed by atoms with van der Waals surface area (Å²) in [6, 6.07) is 13.2. The van der Waals surface area contributed by atoms with E-state index in [0.29, 0.717) is 18.8 Å². The largest absolute Gasteiger partial charge is 0.379 e. The minimum absolute atomic E-state index is 0.0357. The van der Waals surface area contributed by atoms with E-state index in [0.717, 1.165) is 10.9 Å². The van der Waals surface area contributed by atoms with Crippen LogP contribution in [0.5, 0.6) is 0 Å². The first kappa shape index (κ1) is 13.6. The van der Waals surface area contributed by atoms with Gasteiger partial charge >= 0.3 is 0 Å². The summed E-state index contributed by atoms with van der Waals surface area (Å²) in [6.45, 7) is 1.26.